The Morgan fingerprint density at radius 3 is 2.53 bits per heavy atom. The van der Waals surface area contributed by atoms with Crippen molar-refractivity contribution in [2.24, 2.45) is 5.73 Å². The van der Waals surface area contributed by atoms with Gasteiger partial charge >= 0.3 is 0 Å². The summed E-state index contributed by atoms with van der Waals surface area (Å²) < 4.78 is 4.86. The number of benzene rings is 1. The van der Waals surface area contributed by atoms with Crippen LogP contribution in [0.25, 0.3) is 0 Å². The summed E-state index contributed by atoms with van der Waals surface area (Å²) in [5, 5.41) is 4.45. The Morgan fingerprint density at radius 2 is 2.00 bits per heavy atom. The summed E-state index contributed by atoms with van der Waals surface area (Å²) in [7, 11) is 0. The minimum absolute atomic E-state index is 0.375. The van der Waals surface area contributed by atoms with Gasteiger partial charge in [0.25, 0.3) is 0 Å². The topological polar surface area (TPSA) is 64.9 Å². The Balaban J connectivity index is 2.28. The van der Waals surface area contributed by atoms with Gasteiger partial charge in [-0.15, -0.1) is 0 Å². The maximum Gasteiger partial charge on any atom is 0.223 e. The normalized spacial score (nSPS) is 12.7. The van der Waals surface area contributed by atoms with Gasteiger partial charge < -0.3 is 10.3 Å². The van der Waals surface area contributed by atoms with Crippen molar-refractivity contribution in [3.05, 3.63) is 46.6 Å². The largest absolute Gasteiger partial charge is 0.340 e. The third-order valence-electron chi connectivity index (χ3n) is 2.05. The van der Waals surface area contributed by atoms with Gasteiger partial charge in [-0.1, -0.05) is 28.9 Å². The highest BCUT2D eigenvalue weighted by Gasteiger charge is 2.14. The maximum absolute atomic E-state index is 5.95. The van der Waals surface area contributed by atoms with Crippen molar-refractivity contribution < 1.29 is 4.52 Å². The lowest BCUT2D eigenvalue weighted by molar-refractivity contribution is 0.385. The van der Waals surface area contributed by atoms with Gasteiger partial charge in [0.05, 0.1) is 6.04 Å². The zero-order valence-electron chi connectivity index (χ0n) is 8.14. The van der Waals surface area contributed by atoms with Crippen molar-refractivity contribution in [2.45, 2.75) is 13.0 Å². The van der Waals surface area contributed by atoms with Gasteiger partial charge in [-0.2, -0.15) is 4.98 Å². The Morgan fingerprint density at radius 1 is 1.33 bits per heavy atom. The third-order valence-corrected chi connectivity index (χ3v) is 2.30. The highest BCUT2D eigenvalue weighted by Crippen LogP contribution is 2.18. The number of rotatable bonds is 2. The molecule has 0 radical (unpaired) electrons. The lowest BCUT2D eigenvalue weighted by Crippen LogP contribution is -2.13. The molecular formula is C10H10ClN3O. The standard InChI is InChI=1S/C10H10ClN3O/c1-6-13-10(14-15-6)9(12)7-2-4-8(11)5-3-7/h2-5,9H,12H2,1H3/t9-/m1/s1. The molecule has 2 aromatic rings. The molecule has 78 valence electrons. The number of aryl methyl sites for hydroxylation is 1. The van der Waals surface area contributed by atoms with Gasteiger partial charge in [0.2, 0.25) is 5.89 Å². The van der Waals surface area contributed by atoms with Crippen molar-refractivity contribution >= 4 is 11.6 Å². The fraction of sp³-hybridized carbons (Fsp3) is 0.200. The molecule has 0 fully saturated rings. The average Bonchev–Trinajstić information content (AvgIpc) is 2.65. The van der Waals surface area contributed by atoms with E-state index in [9.17, 15) is 0 Å². The van der Waals surface area contributed by atoms with E-state index >= 15 is 0 Å². The highest BCUT2D eigenvalue weighted by atomic mass is 35.5. The van der Waals surface area contributed by atoms with Crippen LogP contribution >= 0.6 is 11.6 Å². The van der Waals surface area contributed by atoms with Crippen molar-refractivity contribution in [3.8, 4) is 0 Å². The summed E-state index contributed by atoms with van der Waals surface area (Å²) in [5.74, 6) is 0.990. The first-order valence-electron chi connectivity index (χ1n) is 4.48. The molecule has 4 nitrogen and oxygen atoms in total. The molecule has 1 aromatic carbocycles. The van der Waals surface area contributed by atoms with E-state index < -0.39 is 0 Å². The third kappa shape index (κ3) is 2.16. The lowest BCUT2D eigenvalue weighted by atomic mass is 10.1. The van der Waals surface area contributed by atoms with Crippen molar-refractivity contribution in [3.63, 3.8) is 0 Å². The summed E-state index contributed by atoms with van der Waals surface area (Å²) in [6.45, 7) is 1.73. The summed E-state index contributed by atoms with van der Waals surface area (Å²) in [6, 6.07) is 6.88. The number of nitrogens with zero attached hydrogens (tertiary/aromatic N) is 2. The van der Waals surface area contributed by atoms with Crippen LogP contribution in [0.3, 0.4) is 0 Å². The van der Waals surface area contributed by atoms with Gasteiger partial charge in [-0.3, -0.25) is 0 Å². The van der Waals surface area contributed by atoms with Crippen LogP contribution in [-0.2, 0) is 0 Å². The van der Waals surface area contributed by atoms with Gasteiger partial charge in [0, 0.05) is 11.9 Å². The van der Waals surface area contributed by atoms with Crippen molar-refractivity contribution in [1.82, 2.24) is 10.1 Å². The molecule has 0 amide bonds. The zero-order chi connectivity index (χ0) is 10.8. The van der Waals surface area contributed by atoms with Crippen molar-refractivity contribution in [2.75, 3.05) is 0 Å². The fourth-order valence-electron chi connectivity index (χ4n) is 1.26. The SMILES string of the molecule is Cc1nc([C@H](N)c2ccc(Cl)cc2)no1. The number of nitrogens with two attached hydrogens (primary N) is 1. The molecule has 0 spiro atoms. The van der Waals surface area contributed by atoms with Crippen LogP contribution < -0.4 is 5.73 Å². The van der Waals surface area contributed by atoms with Crippen LogP contribution in [0.4, 0.5) is 0 Å². The van der Waals surface area contributed by atoms with E-state index in [4.69, 9.17) is 21.9 Å². The molecular weight excluding hydrogens is 214 g/mol. The first kappa shape index (κ1) is 10.1. The quantitative estimate of drug-likeness (QED) is 0.847. The van der Waals surface area contributed by atoms with Gasteiger partial charge in [-0.05, 0) is 17.7 Å². The highest BCUT2D eigenvalue weighted by molar-refractivity contribution is 6.30. The molecule has 15 heavy (non-hydrogen) atoms. The molecule has 1 aromatic heterocycles. The molecule has 1 heterocycles. The van der Waals surface area contributed by atoms with E-state index in [1.165, 1.54) is 0 Å². The van der Waals surface area contributed by atoms with Crippen LogP contribution in [0.5, 0.6) is 0 Å². The molecule has 0 aliphatic heterocycles. The van der Waals surface area contributed by atoms with Gasteiger partial charge in [-0.25, -0.2) is 0 Å². The molecule has 5 heteroatoms. The lowest BCUT2D eigenvalue weighted by Gasteiger charge is -2.06. The monoisotopic (exact) mass is 223 g/mol. The summed E-state index contributed by atoms with van der Waals surface area (Å²) in [6.07, 6.45) is 0. The summed E-state index contributed by atoms with van der Waals surface area (Å²) in [5.41, 5.74) is 6.85. The minimum atomic E-state index is -0.375. The molecule has 2 N–H and O–H groups in total. The van der Waals surface area contributed by atoms with E-state index in [2.05, 4.69) is 10.1 Å². The van der Waals surface area contributed by atoms with E-state index in [1.807, 2.05) is 12.1 Å². The van der Waals surface area contributed by atoms with Crippen molar-refractivity contribution in [1.29, 1.82) is 0 Å². The zero-order valence-corrected chi connectivity index (χ0v) is 8.90. The van der Waals surface area contributed by atoms with E-state index in [0.717, 1.165) is 5.56 Å². The van der Waals surface area contributed by atoms with E-state index in [-0.39, 0.29) is 6.04 Å². The first-order valence-corrected chi connectivity index (χ1v) is 4.86. The number of aromatic nitrogens is 2. The Labute approximate surface area is 92.0 Å². The maximum atomic E-state index is 5.95. The summed E-state index contributed by atoms with van der Waals surface area (Å²) in [4.78, 5) is 4.07. The predicted octanol–water partition coefficient (Wildman–Crippen LogP) is 2.08. The Hall–Kier alpha value is -1.39. The smallest absolute Gasteiger partial charge is 0.223 e. The second-order valence-corrected chi connectivity index (χ2v) is 3.64. The van der Waals surface area contributed by atoms with Crippen LogP contribution in [0.1, 0.15) is 23.3 Å². The first-order chi connectivity index (χ1) is 7.16. The molecule has 0 saturated heterocycles. The number of hydrogen-bond acceptors (Lipinski definition) is 4. The Bertz CT molecular complexity index is 452. The van der Waals surface area contributed by atoms with Crippen LogP contribution in [-0.4, -0.2) is 10.1 Å². The second-order valence-electron chi connectivity index (χ2n) is 3.20. The van der Waals surface area contributed by atoms with Crippen LogP contribution in [0, 0.1) is 6.92 Å². The second kappa shape index (κ2) is 4.00. The van der Waals surface area contributed by atoms with E-state index in [1.54, 1.807) is 19.1 Å². The fourth-order valence-corrected chi connectivity index (χ4v) is 1.39. The summed E-state index contributed by atoms with van der Waals surface area (Å²) >= 11 is 5.78. The van der Waals surface area contributed by atoms with Gasteiger partial charge in [0.15, 0.2) is 5.82 Å². The molecule has 0 unspecified atom stereocenters. The Kier molecular flexibility index (Phi) is 2.70. The number of hydrogen-bond donors (Lipinski definition) is 1. The molecule has 0 aliphatic carbocycles. The average molecular weight is 224 g/mol. The van der Waals surface area contributed by atoms with E-state index in [0.29, 0.717) is 16.7 Å². The molecule has 1 atom stereocenters. The minimum Gasteiger partial charge on any atom is -0.340 e. The molecule has 0 aliphatic rings. The number of halogens is 1. The van der Waals surface area contributed by atoms with Crippen LogP contribution in [0.2, 0.25) is 5.02 Å². The molecule has 0 bridgehead atoms. The molecule has 2 rings (SSSR count). The molecule has 0 saturated carbocycles. The predicted molar refractivity (Wildman–Crippen MR) is 56.5 cm³/mol. The van der Waals surface area contributed by atoms with Gasteiger partial charge in [0.1, 0.15) is 0 Å². The van der Waals surface area contributed by atoms with Crippen LogP contribution in [0.15, 0.2) is 28.8 Å².